The van der Waals surface area contributed by atoms with Crippen LogP contribution in [0.4, 0.5) is 65.9 Å². The summed E-state index contributed by atoms with van der Waals surface area (Å²) in [4.78, 5) is 0. The van der Waals surface area contributed by atoms with Crippen molar-refractivity contribution in [2.75, 3.05) is 0 Å². The van der Waals surface area contributed by atoms with Crippen LogP contribution in [0.15, 0.2) is 0 Å². The fourth-order valence-corrected chi connectivity index (χ4v) is 2.24. The third-order valence-electron chi connectivity index (χ3n) is 3.52. The van der Waals surface area contributed by atoms with Crippen LogP contribution in [0.5, 0.6) is 0 Å². The summed E-state index contributed by atoms with van der Waals surface area (Å²) >= 11 is 0. The molecule has 0 saturated heterocycles. The summed E-state index contributed by atoms with van der Waals surface area (Å²) in [6.07, 6.45) is -12.7. The molecule has 0 aliphatic carbocycles. The molecule has 0 aromatic rings. The van der Waals surface area contributed by atoms with Crippen molar-refractivity contribution >= 4 is 10.1 Å². The Bertz CT molecular complexity index is 716. The van der Waals surface area contributed by atoms with Gasteiger partial charge in [-0.25, -0.2) is 8.42 Å². The summed E-state index contributed by atoms with van der Waals surface area (Å²) in [6.45, 7) is 0. The maximum absolute atomic E-state index is 13.3. The van der Waals surface area contributed by atoms with Gasteiger partial charge in [0.1, 0.15) is 0 Å². The topological polar surface area (TPSA) is 57.2 Å². The molecule has 3 nitrogen and oxygen atoms in total. The SMILES string of the molecule is O=S(=O)([O-])C(F)(F)C(F)(F)C(F)(F)C(F)(F)C(F)(F)C(F)(F)CCCCC(F)(F)F.[K+]. The molecule has 0 amide bonds. The van der Waals surface area contributed by atoms with Crippen LogP contribution in [0.2, 0.25) is 0 Å². The van der Waals surface area contributed by atoms with Gasteiger partial charge >= 0.3 is 92.4 Å². The Morgan fingerprint density at radius 1 is 0.548 bits per heavy atom. The number of alkyl halides is 15. The van der Waals surface area contributed by atoms with E-state index in [9.17, 15) is 78.8 Å². The van der Waals surface area contributed by atoms with Crippen molar-refractivity contribution in [2.24, 2.45) is 0 Å². The number of hydrogen-bond acceptors (Lipinski definition) is 3. The fraction of sp³-hybridized carbons (Fsp3) is 1.00. The summed E-state index contributed by atoms with van der Waals surface area (Å²) in [6, 6.07) is 0. The Labute approximate surface area is 205 Å². The third-order valence-corrected chi connectivity index (χ3v) is 4.41. The second-order valence-corrected chi connectivity index (χ2v) is 7.22. The van der Waals surface area contributed by atoms with Gasteiger partial charge in [-0.05, 0) is 12.8 Å². The molecule has 182 valence electrons. The first-order valence-electron chi connectivity index (χ1n) is 7.00. The maximum Gasteiger partial charge on any atom is 1.00 e. The quantitative estimate of drug-likeness (QED) is 0.184. The first kappa shape index (κ1) is 33.7. The summed E-state index contributed by atoms with van der Waals surface area (Å²) in [5.74, 6) is -38.5. The average Bonchev–Trinajstić information content (AvgIpc) is 2.48. The minimum absolute atomic E-state index is 0. The van der Waals surface area contributed by atoms with E-state index in [1.54, 1.807) is 0 Å². The Morgan fingerprint density at radius 3 is 1.19 bits per heavy atom. The van der Waals surface area contributed by atoms with Gasteiger partial charge in [-0.1, -0.05) is 0 Å². The molecule has 0 atom stereocenters. The van der Waals surface area contributed by atoms with Crippen molar-refractivity contribution in [1.82, 2.24) is 0 Å². The molecule has 0 aliphatic rings. The van der Waals surface area contributed by atoms with Crippen molar-refractivity contribution < 1.29 is 130 Å². The molecule has 0 aromatic heterocycles. The van der Waals surface area contributed by atoms with Crippen molar-refractivity contribution in [2.45, 2.75) is 66.7 Å². The minimum atomic E-state index is -8.25. The Balaban J connectivity index is 0. The molecule has 0 rings (SSSR count). The number of unbranched alkanes of at least 4 members (excludes halogenated alkanes) is 1. The van der Waals surface area contributed by atoms with Crippen LogP contribution in [0.3, 0.4) is 0 Å². The second-order valence-electron chi connectivity index (χ2n) is 5.80. The van der Waals surface area contributed by atoms with Crippen LogP contribution in [0.25, 0.3) is 0 Å². The van der Waals surface area contributed by atoms with E-state index in [0.29, 0.717) is 0 Å². The Hall–Kier alpha value is 0.496. The van der Waals surface area contributed by atoms with Gasteiger partial charge in [0.25, 0.3) is 0 Å². The zero-order chi connectivity index (χ0) is 24.8. The summed E-state index contributed by atoms with van der Waals surface area (Å²) in [5.41, 5.74) is 0. The number of rotatable bonds is 10. The van der Waals surface area contributed by atoms with E-state index in [4.69, 9.17) is 0 Å². The molecular weight excluding hydrogens is 536 g/mol. The molecule has 0 unspecified atom stereocenters. The standard InChI is InChI=1S/C11H9F15O3S.K/c12-5(13,3-1-2-4-6(14,15)16)7(17,18)8(19,20)9(21,22)10(23,24)11(25,26)30(27,28)29;/h1-4H2,(H,27,28,29);/q;+1/p-1. The normalized spacial score (nSPS) is 15.6. The van der Waals surface area contributed by atoms with Gasteiger partial charge < -0.3 is 4.55 Å². The molecule has 0 saturated carbocycles. The third kappa shape index (κ3) is 6.14. The van der Waals surface area contributed by atoms with E-state index < -0.39 is 76.8 Å². The zero-order valence-electron chi connectivity index (χ0n) is 14.6. The molecule has 20 heteroatoms. The van der Waals surface area contributed by atoms with Crippen LogP contribution in [-0.2, 0) is 10.1 Å². The summed E-state index contributed by atoms with van der Waals surface area (Å²) in [7, 11) is -7.90. The van der Waals surface area contributed by atoms with Gasteiger partial charge in [0.2, 0.25) is 0 Å². The fourth-order valence-electron chi connectivity index (χ4n) is 1.79. The van der Waals surface area contributed by atoms with Crippen molar-refractivity contribution in [1.29, 1.82) is 0 Å². The van der Waals surface area contributed by atoms with Gasteiger partial charge in [-0.2, -0.15) is 65.9 Å². The van der Waals surface area contributed by atoms with E-state index in [0.717, 1.165) is 0 Å². The van der Waals surface area contributed by atoms with E-state index in [1.807, 2.05) is 0 Å². The van der Waals surface area contributed by atoms with E-state index in [2.05, 4.69) is 0 Å². The van der Waals surface area contributed by atoms with E-state index in [1.165, 1.54) is 0 Å². The number of hydrogen-bond donors (Lipinski definition) is 0. The Morgan fingerprint density at radius 2 is 0.871 bits per heavy atom. The largest absolute Gasteiger partial charge is 1.00 e. The van der Waals surface area contributed by atoms with Crippen LogP contribution in [0, 0.1) is 0 Å². The average molecular weight is 544 g/mol. The van der Waals surface area contributed by atoms with Gasteiger partial charge in [0.15, 0.2) is 10.1 Å². The first-order chi connectivity index (χ1) is 12.7. The van der Waals surface area contributed by atoms with E-state index in [-0.39, 0.29) is 51.4 Å². The van der Waals surface area contributed by atoms with Crippen LogP contribution in [-0.4, -0.2) is 54.0 Å². The molecule has 0 aliphatic heterocycles. The van der Waals surface area contributed by atoms with Gasteiger partial charge in [-0.15, -0.1) is 0 Å². The molecule has 0 spiro atoms. The van der Waals surface area contributed by atoms with Crippen molar-refractivity contribution in [3.05, 3.63) is 0 Å². The first-order valence-corrected chi connectivity index (χ1v) is 8.40. The molecule has 0 aromatic carbocycles. The molecule has 0 N–H and O–H groups in total. The van der Waals surface area contributed by atoms with Gasteiger partial charge in [0, 0.05) is 12.8 Å². The molecule has 31 heavy (non-hydrogen) atoms. The van der Waals surface area contributed by atoms with Crippen LogP contribution < -0.4 is 51.4 Å². The monoisotopic (exact) mass is 544 g/mol. The van der Waals surface area contributed by atoms with Gasteiger partial charge in [0.05, 0.1) is 0 Å². The van der Waals surface area contributed by atoms with Crippen molar-refractivity contribution in [3.8, 4) is 0 Å². The molecular formula is C11H8F15KO3S. The predicted octanol–water partition coefficient (Wildman–Crippen LogP) is 2.43. The molecule has 0 fully saturated rings. The van der Waals surface area contributed by atoms with Crippen LogP contribution in [0.1, 0.15) is 25.7 Å². The Kier molecular flexibility index (Phi) is 10.5. The van der Waals surface area contributed by atoms with Crippen LogP contribution >= 0.6 is 0 Å². The number of halogens is 15. The molecule has 0 bridgehead atoms. The second kappa shape index (κ2) is 9.63. The van der Waals surface area contributed by atoms with Gasteiger partial charge in [-0.3, -0.25) is 0 Å². The maximum atomic E-state index is 13.3. The summed E-state index contributed by atoms with van der Waals surface area (Å²) in [5, 5.41) is -7.65. The van der Waals surface area contributed by atoms with Crippen molar-refractivity contribution in [3.63, 3.8) is 0 Å². The predicted molar refractivity (Wildman–Crippen MR) is 63.9 cm³/mol. The smallest absolute Gasteiger partial charge is 0.743 e. The van der Waals surface area contributed by atoms with E-state index >= 15 is 0 Å². The summed E-state index contributed by atoms with van der Waals surface area (Å²) < 4.78 is 223. The molecule has 0 radical (unpaired) electrons. The molecule has 0 heterocycles. The minimum Gasteiger partial charge on any atom is -0.743 e. The zero-order valence-corrected chi connectivity index (χ0v) is 18.6.